The van der Waals surface area contributed by atoms with Crippen LogP contribution in [0.25, 0.3) is 10.9 Å². The number of likely N-dealkylation sites (N-methyl/N-ethyl adjacent to an activating group) is 1. The van der Waals surface area contributed by atoms with Crippen LogP contribution in [0.1, 0.15) is 20.8 Å². The number of nitrogens with zero attached hydrogens (tertiary/aromatic N) is 4. The maximum Gasteiger partial charge on any atom is 0.289 e. The third-order valence-electron chi connectivity index (χ3n) is 5.12. The number of nitrogens with one attached hydrogen (secondary N) is 2. The van der Waals surface area contributed by atoms with E-state index in [0.29, 0.717) is 40.1 Å². The van der Waals surface area contributed by atoms with Crippen molar-refractivity contribution in [2.45, 2.75) is 11.3 Å². The minimum atomic E-state index is -3.99. The number of carbonyl (C=O) groups excluding carboxylic acids is 1. The normalized spacial score (nSPS) is 15.3. The first-order chi connectivity index (χ1) is 14.3. The van der Waals surface area contributed by atoms with Crippen LogP contribution in [-0.2, 0) is 10.0 Å². The maximum absolute atomic E-state index is 12.9. The molecule has 30 heavy (non-hydrogen) atoms. The summed E-state index contributed by atoms with van der Waals surface area (Å²) < 4.78 is 28.1. The highest BCUT2D eigenvalue weighted by Gasteiger charge is 2.26. The SMILES string of the molecule is Cc1ccc(NS(=O)(=O)c2ncc(C(=O)N3CCN(C)CC3)s2)c2[nH]cc(C#N)c12. The van der Waals surface area contributed by atoms with Crippen molar-refractivity contribution in [3.05, 3.63) is 40.5 Å². The number of benzene rings is 1. The third kappa shape index (κ3) is 3.65. The number of fused-ring (bicyclic) bond motifs is 1. The summed E-state index contributed by atoms with van der Waals surface area (Å²) >= 11 is 0.851. The number of anilines is 1. The molecule has 1 aliphatic rings. The van der Waals surface area contributed by atoms with Gasteiger partial charge >= 0.3 is 0 Å². The number of piperazine rings is 1. The van der Waals surface area contributed by atoms with E-state index in [2.05, 4.69) is 25.7 Å². The predicted molar refractivity (Wildman–Crippen MR) is 114 cm³/mol. The van der Waals surface area contributed by atoms with Crippen molar-refractivity contribution in [2.75, 3.05) is 37.9 Å². The fraction of sp³-hybridized carbons (Fsp3) is 0.316. The summed E-state index contributed by atoms with van der Waals surface area (Å²) in [6.07, 6.45) is 2.86. The lowest BCUT2D eigenvalue weighted by Gasteiger charge is -2.31. The molecule has 0 atom stereocenters. The van der Waals surface area contributed by atoms with Crippen LogP contribution >= 0.6 is 11.3 Å². The smallest absolute Gasteiger partial charge is 0.289 e. The fourth-order valence-electron chi connectivity index (χ4n) is 3.43. The van der Waals surface area contributed by atoms with Crippen LogP contribution in [0.5, 0.6) is 0 Å². The van der Waals surface area contributed by atoms with Gasteiger partial charge in [0.05, 0.1) is 23.0 Å². The summed E-state index contributed by atoms with van der Waals surface area (Å²) in [6.45, 7) is 4.61. The number of thiazole rings is 1. The van der Waals surface area contributed by atoms with E-state index in [9.17, 15) is 18.5 Å². The zero-order chi connectivity index (χ0) is 21.5. The number of rotatable bonds is 4. The number of carbonyl (C=O) groups is 1. The Labute approximate surface area is 178 Å². The van der Waals surface area contributed by atoms with Gasteiger partial charge in [-0.1, -0.05) is 17.4 Å². The van der Waals surface area contributed by atoms with Crippen molar-refractivity contribution >= 4 is 43.9 Å². The van der Waals surface area contributed by atoms with Crippen molar-refractivity contribution < 1.29 is 13.2 Å². The molecule has 0 saturated carbocycles. The maximum atomic E-state index is 12.9. The number of H-pyrrole nitrogens is 1. The minimum Gasteiger partial charge on any atom is -0.358 e. The van der Waals surface area contributed by atoms with Crippen molar-refractivity contribution in [2.24, 2.45) is 0 Å². The summed E-state index contributed by atoms with van der Waals surface area (Å²) in [4.78, 5) is 23.8. The molecule has 2 aromatic heterocycles. The summed E-state index contributed by atoms with van der Waals surface area (Å²) in [7, 11) is -2.00. The van der Waals surface area contributed by atoms with E-state index in [4.69, 9.17) is 0 Å². The average molecular weight is 445 g/mol. The van der Waals surface area contributed by atoms with Gasteiger partial charge in [-0.15, -0.1) is 0 Å². The number of hydrogen-bond acceptors (Lipinski definition) is 7. The van der Waals surface area contributed by atoms with Crippen LogP contribution in [0.2, 0.25) is 0 Å². The van der Waals surface area contributed by atoms with Crippen molar-refractivity contribution in [3.8, 4) is 6.07 Å². The van der Waals surface area contributed by atoms with Crippen LogP contribution < -0.4 is 4.72 Å². The van der Waals surface area contributed by atoms with Gasteiger partial charge in [0.2, 0.25) is 4.34 Å². The number of nitriles is 1. The van der Waals surface area contributed by atoms with Gasteiger partial charge < -0.3 is 14.8 Å². The Morgan fingerprint density at radius 1 is 1.30 bits per heavy atom. The van der Waals surface area contributed by atoms with Gasteiger partial charge in [0.1, 0.15) is 10.9 Å². The molecule has 1 amide bonds. The molecule has 11 heteroatoms. The topological polar surface area (TPSA) is 122 Å². The van der Waals surface area contributed by atoms with E-state index < -0.39 is 10.0 Å². The Bertz CT molecular complexity index is 1260. The predicted octanol–water partition coefficient (Wildman–Crippen LogP) is 1.99. The summed E-state index contributed by atoms with van der Waals surface area (Å²) in [5.74, 6) is -0.206. The van der Waals surface area contributed by atoms with Gasteiger partial charge in [-0.25, -0.2) is 4.98 Å². The quantitative estimate of drug-likeness (QED) is 0.635. The van der Waals surface area contributed by atoms with E-state index in [0.717, 1.165) is 30.0 Å². The van der Waals surface area contributed by atoms with Crippen molar-refractivity contribution in [1.29, 1.82) is 5.26 Å². The lowest BCUT2D eigenvalue weighted by atomic mass is 10.1. The molecule has 2 N–H and O–H groups in total. The first kappa shape index (κ1) is 20.3. The Hall–Kier alpha value is -2.94. The molecule has 156 valence electrons. The molecule has 0 aliphatic carbocycles. The number of aromatic nitrogens is 2. The van der Waals surface area contributed by atoms with Crippen LogP contribution in [0.3, 0.4) is 0 Å². The van der Waals surface area contributed by atoms with Crippen molar-refractivity contribution in [1.82, 2.24) is 19.8 Å². The van der Waals surface area contributed by atoms with Gasteiger partial charge in [-0.05, 0) is 25.6 Å². The largest absolute Gasteiger partial charge is 0.358 e. The molecule has 3 aromatic rings. The van der Waals surface area contributed by atoms with Gasteiger partial charge in [0, 0.05) is 37.8 Å². The molecule has 1 aliphatic heterocycles. The molecule has 0 radical (unpaired) electrons. The van der Waals surface area contributed by atoms with E-state index in [1.165, 1.54) is 6.20 Å². The average Bonchev–Trinajstić information content (AvgIpc) is 3.38. The van der Waals surface area contributed by atoms with Gasteiger partial charge in [0.25, 0.3) is 15.9 Å². The number of amides is 1. The van der Waals surface area contributed by atoms with Gasteiger partial charge in [-0.3, -0.25) is 9.52 Å². The Morgan fingerprint density at radius 3 is 2.73 bits per heavy atom. The molecule has 0 unspecified atom stereocenters. The molecule has 0 spiro atoms. The van der Waals surface area contributed by atoms with Crippen molar-refractivity contribution in [3.63, 3.8) is 0 Å². The van der Waals surface area contributed by atoms with Crippen LogP contribution in [0, 0.1) is 18.3 Å². The summed E-state index contributed by atoms with van der Waals surface area (Å²) in [6, 6.07) is 5.48. The number of aromatic amines is 1. The zero-order valence-electron chi connectivity index (χ0n) is 16.5. The standard InChI is InChI=1S/C19H20N6O3S2/c1-12-3-4-14(17-16(12)13(9-20)10-21-17)23-30(27,28)19-22-11-15(29-19)18(26)25-7-5-24(2)6-8-25/h3-4,10-11,21,23H,5-8H2,1-2H3. The first-order valence-electron chi connectivity index (χ1n) is 9.27. The van der Waals surface area contributed by atoms with E-state index in [1.54, 1.807) is 23.2 Å². The monoisotopic (exact) mass is 444 g/mol. The lowest BCUT2D eigenvalue weighted by Crippen LogP contribution is -2.46. The molecule has 4 rings (SSSR count). The van der Waals surface area contributed by atoms with Crippen LogP contribution in [-0.4, -0.2) is 67.3 Å². The van der Waals surface area contributed by atoms with E-state index in [-0.39, 0.29) is 10.2 Å². The second-order valence-electron chi connectivity index (χ2n) is 7.19. The number of hydrogen-bond donors (Lipinski definition) is 2. The first-order valence-corrected chi connectivity index (χ1v) is 11.6. The molecule has 1 fully saturated rings. The van der Waals surface area contributed by atoms with E-state index >= 15 is 0 Å². The second kappa shape index (κ2) is 7.71. The molecule has 1 aromatic carbocycles. The molecular formula is C19H20N6O3S2. The Balaban J connectivity index is 1.59. The highest BCUT2D eigenvalue weighted by Crippen LogP contribution is 2.30. The second-order valence-corrected chi connectivity index (χ2v) is 10.1. The highest BCUT2D eigenvalue weighted by molar-refractivity contribution is 7.94. The highest BCUT2D eigenvalue weighted by atomic mass is 32.2. The fourth-order valence-corrected chi connectivity index (χ4v) is 5.62. The number of sulfonamides is 1. The Morgan fingerprint density at radius 2 is 2.03 bits per heavy atom. The van der Waals surface area contributed by atoms with E-state index in [1.807, 2.05) is 14.0 Å². The molecule has 3 heterocycles. The summed E-state index contributed by atoms with van der Waals surface area (Å²) in [5.41, 5.74) is 2.15. The summed E-state index contributed by atoms with van der Waals surface area (Å²) in [5, 5.41) is 9.94. The van der Waals surface area contributed by atoms with Gasteiger partial charge in [-0.2, -0.15) is 13.7 Å². The molecule has 0 bridgehead atoms. The lowest BCUT2D eigenvalue weighted by molar-refractivity contribution is 0.0668. The van der Waals surface area contributed by atoms with Gasteiger partial charge in [0.15, 0.2) is 0 Å². The zero-order valence-corrected chi connectivity index (χ0v) is 18.1. The Kier molecular flexibility index (Phi) is 5.23. The van der Waals surface area contributed by atoms with Crippen LogP contribution in [0.4, 0.5) is 5.69 Å². The third-order valence-corrected chi connectivity index (χ3v) is 7.87. The molecule has 1 saturated heterocycles. The number of aryl methyl sites for hydroxylation is 1. The molecule has 9 nitrogen and oxygen atoms in total. The van der Waals surface area contributed by atoms with Crippen LogP contribution in [0.15, 0.2) is 28.9 Å². The molecular weight excluding hydrogens is 424 g/mol. The minimum absolute atomic E-state index is 0.180.